The number of hydrogen-bond acceptors (Lipinski definition) is 5. The molecule has 0 amide bonds. The lowest BCUT2D eigenvalue weighted by Gasteiger charge is -1.95. The minimum absolute atomic E-state index is 0.891. The van der Waals surface area contributed by atoms with Crippen LogP contribution < -0.4 is 5.32 Å². The highest BCUT2D eigenvalue weighted by Gasteiger charge is 2.01. The Kier molecular flexibility index (Phi) is 4.85. The zero-order chi connectivity index (χ0) is 9.52. The smallest absolute Gasteiger partial charge is 0.206 e. The molecule has 0 fully saturated rings. The summed E-state index contributed by atoms with van der Waals surface area (Å²) in [7, 11) is 0. The maximum atomic E-state index is 4.03. The minimum atomic E-state index is 0.891. The van der Waals surface area contributed by atoms with Crippen LogP contribution in [0.5, 0.6) is 0 Å². The van der Waals surface area contributed by atoms with Crippen LogP contribution >= 0.6 is 23.1 Å². The van der Waals surface area contributed by atoms with Gasteiger partial charge < -0.3 is 5.32 Å². The van der Waals surface area contributed by atoms with E-state index < -0.39 is 0 Å². The first-order valence-electron chi connectivity index (χ1n) is 4.18. The predicted octanol–water partition coefficient (Wildman–Crippen LogP) is 2.64. The summed E-state index contributed by atoms with van der Waals surface area (Å²) in [5.41, 5.74) is 0. The van der Waals surface area contributed by atoms with E-state index in [1.165, 1.54) is 0 Å². The Hall–Kier alpha value is -0.550. The fourth-order valence-electron chi connectivity index (χ4n) is 0.702. The molecule has 1 N–H and O–H groups in total. The van der Waals surface area contributed by atoms with Crippen molar-refractivity contribution in [3.8, 4) is 0 Å². The quantitative estimate of drug-likeness (QED) is 0.585. The normalized spacial score (nSPS) is 9.92. The Morgan fingerprint density at radius 3 is 3.15 bits per heavy atom. The fourth-order valence-corrected chi connectivity index (χ4v) is 2.24. The average Bonchev–Trinajstić information content (AvgIpc) is 2.59. The summed E-state index contributed by atoms with van der Waals surface area (Å²) in [6.45, 7) is 6.74. The number of hydrogen-bond donors (Lipinski definition) is 1. The third-order valence-electron chi connectivity index (χ3n) is 1.26. The predicted molar refractivity (Wildman–Crippen MR) is 59.6 cm³/mol. The van der Waals surface area contributed by atoms with Crippen LogP contribution in [0.1, 0.15) is 13.3 Å². The molecule has 1 aromatic rings. The molecular formula is C8H13N3S2. The largest absolute Gasteiger partial charge is 0.360 e. The number of anilines is 1. The summed E-state index contributed by atoms with van der Waals surface area (Å²) in [5, 5.41) is 12.1. The van der Waals surface area contributed by atoms with Gasteiger partial charge in [0.1, 0.15) is 0 Å². The molecule has 0 aliphatic rings. The molecule has 0 aromatic carbocycles. The lowest BCUT2D eigenvalue weighted by atomic mass is 10.5. The molecule has 0 saturated carbocycles. The van der Waals surface area contributed by atoms with Crippen molar-refractivity contribution >= 4 is 28.2 Å². The lowest BCUT2D eigenvalue weighted by Crippen LogP contribution is -1.98. The van der Waals surface area contributed by atoms with Crippen molar-refractivity contribution in [2.75, 3.05) is 17.6 Å². The molecule has 1 heterocycles. The van der Waals surface area contributed by atoms with Crippen LogP contribution in [0.3, 0.4) is 0 Å². The second-order valence-electron chi connectivity index (χ2n) is 2.40. The third-order valence-corrected chi connectivity index (χ3v) is 3.27. The van der Waals surface area contributed by atoms with E-state index in [0.29, 0.717) is 0 Å². The number of aromatic nitrogens is 2. The van der Waals surface area contributed by atoms with Gasteiger partial charge in [0, 0.05) is 12.3 Å². The van der Waals surface area contributed by atoms with Crippen molar-refractivity contribution in [2.24, 2.45) is 0 Å². The summed E-state index contributed by atoms with van der Waals surface area (Å²) < 4.78 is 0.999. The number of nitrogens with zero attached hydrogens (tertiary/aromatic N) is 2. The van der Waals surface area contributed by atoms with E-state index in [4.69, 9.17) is 0 Å². The molecule has 0 bridgehead atoms. The number of rotatable bonds is 6. The molecule has 72 valence electrons. The van der Waals surface area contributed by atoms with Gasteiger partial charge in [-0.3, -0.25) is 0 Å². The van der Waals surface area contributed by atoms with E-state index in [1.54, 1.807) is 23.1 Å². The molecule has 1 rings (SSSR count). The molecule has 0 aliphatic carbocycles. The Morgan fingerprint density at radius 1 is 1.62 bits per heavy atom. The molecule has 0 aliphatic heterocycles. The molecule has 0 unspecified atom stereocenters. The van der Waals surface area contributed by atoms with Gasteiger partial charge in [-0.1, -0.05) is 36.1 Å². The first-order chi connectivity index (χ1) is 6.36. The molecule has 13 heavy (non-hydrogen) atoms. The van der Waals surface area contributed by atoms with Gasteiger partial charge in [-0.15, -0.1) is 16.8 Å². The minimum Gasteiger partial charge on any atom is -0.360 e. The Labute approximate surface area is 86.7 Å². The lowest BCUT2D eigenvalue weighted by molar-refractivity contribution is 0.951. The average molecular weight is 215 g/mol. The SMILES string of the molecule is C=CCSc1nnc(NCCC)s1. The van der Waals surface area contributed by atoms with Gasteiger partial charge in [0.25, 0.3) is 0 Å². The third kappa shape index (κ3) is 3.78. The van der Waals surface area contributed by atoms with Crippen molar-refractivity contribution in [3.63, 3.8) is 0 Å². The molecule has 3 nitrogen and oxygen atoms in total. The summed E-state index contributed by atoms with van der Waals surface area (Å²) in [4.78, 5) is 0. The van der Waals surface area contributed by atoms with Crippen LogP contribution in [0.25, 0.3) is 0 Å². The molecule has 1 aromatic heterocycles. The second kappa shape index (κ2) is 5.99. The summed E-state index contributed by atoms with van der Waals surface area (Å²) in [5.74, 6) is 0.891. The Bertz CT molecular complexity index is 260. The molecule has 0 spiro atoms. The Balaban J connectivity index is 2.38. The topological polar surface area (TPSA) is 37.8 Å². The highest BCUT2D eigenvalue weighted by atomic mass is 32.2. The number of thioether (sulfide) groups is 1. The summed E-state index contributed by atoms with van der Waals surface area (Å²) in [6, 6.07) is 0. The van der Waals surface area contributed by atoms with Gasteiger partial charge in [-0.2, -0.15) is 0 Å². The van der Waals surface area contributed by atoms with Crippen LogP contribution in [0.2, 0.25) is 0 Å². The summed E-state index contributed by atoms with van der Waals surface area (Å²) in [6.07, 6.45) is 2.97. The van der Waals surface area contributed by atoms with Crippen LogP contribution in [0.15, 0.2) is 17.0 Å². The first-order valence-corrected chi connectivity index (χ1v) is 5.98. The van der Waals surface area contributed by atoms with Crippen LogP contribution in [-0.4, -0.2) is 22.5 Å². The maximum absolute atomic E-state index is 4.03. The summed E-state index contributed by atoms with van der Waals surface area (Å²) >= 11 is 3.26. The maximum Gasteiger partial charge on any atom is 0.206 e. The van der Waals surface area contributed by atoms with Crippen molar-refractivity contribution in [2.45, 2.75) is 17.7 Å². The number of nitrogens with one attached hydrogen (secondary N) is 1. The van der Waals surface area contributed by atoms with Gasteiger partial charge in [0.2, 0.25) is 5.13 Å². The van der Waals surface area contributed by atoms with Gasteiger partial charge in [0.05, 0.1) is 0 Å². The fraction of sp³-hybridized carbons (Fsp3) is 0.500. The highest BCUT2D eigenvalue weighted by molar-refractivity contribution is 8.01. The van der Waals surface area contributed by atoms with E-state index in [2.05, 4.69) is 29.0 Å². The van der Waals surface area contributed by atoms with Crippen molar-refractivity contribution in [3.05, 3.63) is 12.7 Å². The van der Waals surface area contributed by atoms with E-state index in [9.17, 15) is 0 Å². The van der Waals surface area contributed by atoms with E-state index in [0.717, 1.165) is 28.2 Å². The molecule has 0 saturated heterocycles. The van der Waals surface area contributed by atoms with Crippen molar-refractivity contribution < 1.29 is 0 Å². The first kappa shape index (κ1) is 10.5. The van der Waals surface area contributed by atoms with Gasteiger partial charge >= 0.3 is 0 Å². The monoisotopic (exact) mass is 215 g/mol. The zero-order valence-corrected chi connectivity index (χ0v) is 9.25. The van der Waals surface area contributed by atoms with Gasteiger partial charge in [-0.05, 0) is 6.42 Å². The van der Waals surface area contributed by atoms with Crippen molar-refractivity contribution in [1.29, 1.82) is 0 Å². The zero-order valence-electron chi connectivity index (χ0n) is 7.62. The molecule has 0 atom stereocenters. The van der Waals surface area contributed by atoms with Gasteiger partial charge in [-0.25, -0.2) is 0 Å². The van der Waals surface area contributed by atoms with Crippen LogP contribution in [0, 0.1) is 0 Å². The van der Waals surface area contributed by atoms with Gasteiger partial charge in [0.15, 0.2) is 4.34 Å². The van der Waals surface area contributed by atoms with Crippen molar-refractivity contribution in [1.82, 2.24) is 10.2 Å². The Morgan fingerprint density at radius 2 is 2.46 bits per heavy atom. The molecule has 0 radical (unpaired) electrons. The van der Waals surface area contributed by atoms with E-state index >= 15 is 0 Å². The van der Waals surface area contributed by atoms with E-state index in [-0.39, 0.29) is 0 Å². The standard InChI is InChI=1S/C8H13N3S2/c1-3-5-9-7-10-11-8(13-7)12-6-4-2/h4H,2-3,5-6H2,1H3,(H,9,10). The highest BCUT2D eigenvalue weighted by Crippen LogP contribution is 2.25. The second-order valence-corrected chi connectivity index (χ2v) is 4.64. The van der Waals surface area contributed by atoms with E-state index in [1.807, 2.05) is 6.08 Å². The molecule has 5 heteroatoms. The van der Waals surface area contributed by atoms with Crippen LogP contribution in [-0.2, 0) is 0 Å². The molecular weight excluding hydrogens is 202 g/mol. The van der Waals surface area contributed by atoms with Crippen LogP contribution in [0.4, 0.5) is 5.13 Å².